The molecule has 0 aromatic carbocycles. The Morgan fingerprint density at radius 3 is 2.38 bits per heavy atom. The smallest absolute Gasteiger partial charge is 0.311 e. The molecule has 0 bridgehead atoms. The maximum Gasteiger partial charge on any atom is 0.311 e. The quantitative estimate of drug-likeness (QED) is 0.679. The standard InChI is InChI=1S/C9H15NO3/c1-2-7(11)10-6-9(8(12)13)4-3-5-9/h2-6H2,1H3,(H,10,11)(H,12,13). The Kier molecular flexibility index (Phi) is 2.90. The molecule has 1 aliphatic rings. The SMILES string of the molecule is CCC(=O)NCC1(C(=O)O)CCC1. The summed E-state index contributed by atoms with van der Waals surface area (Å²) in [5.41, 5.74) is -0.662. The van der Waals surface area contributed by atoms with Crippen molar-refractivity contribution >= 4 is 11.9 Å². The highest BCUT2D eigenvalue weighted by Crippen LogP contribution is 2.40. The van der Waals surface area contributed by atoms with Crippen molar-refractivity contribution in [3.63, 3.8) is 0 Å². The lowest BCUT2D eigenvalue weighted by atomic mass is 9.69. The van der Waals surface area contributed by atoms with Gasteiger partial charge >= 0.3 is 5.97 Å². The van der Waals surface area contributed by atoms with Crippen molar-refractivity contribution in [2.75, 3.05) is 6.54 Å². The van der Waals surface area contributed by atoms with E-state index >= 15 is 0 Å². The van der Waals surface area contributed by atoms with Gasteiger partial charge < -0.3 is 10.4 Å². The third-order valence-electron chi connectivity index (χ3n) is 2.71. The molecule has 1 amide bonds. The Morgan fingerprint density at radius 2 is 2.08 bits per heavy atom. The van der Waals surface area contributed by atoms with Gasteiger partial charge in [0.25, 0.3) is 0 Å². The first kappa shape index (κ1) is 10.0. The lowest BCUT2D eigenvalue weighted by molar-refractivity contribution is -0.154. The van der Waals surface area contributed by atoms with Crippen LogP contribution < -0.4 is 5.32 Å². The molecule has 0 aromatic rings. The minimum atomic E-state index is -0.782. The molecule has 1 saturated carbocycles. The largest absolute Gasteiger partial charge is 0.481 e. The molecule has 0 saturated heterocycles. The molecule has 4 nitrogen and oxygen atoms in total. The van der Waals surface area contributed by atoms with E-state index in [4.69, 9.17) is 5.11 Å². The number of hydrogen-bond donors (Lipinski definition) is 2. The van der Waals surface area contributed by atoms with Crippen molar-refractivity contribution < 1.29 is 14.7 Å². The second-order valence-electron chi connectivity index (χ2n) is 3.57. The van der Waals surface area contributed by atoms with Crippen molar-refractivity contribution in [1.29, 1.82) is 0 Å². The number of carbonyl (C=O) groups excluding carboxylic acids is 1. The van der Waals surface area contributed by atoms with Crippen molar-refractivity contribution in [1.82, 2.24) is 5.32 Å². The summed E-state index contributed by atoms with van der Waals surface area (Å²) in [6.07, 6.45) is 2.74. The summed E-state index contributed by atoms with van der Waals surface area (Å²) < 4.78 is 0. The monoisotopic (exact) mass is 185 g/mol. The Morgan fingerprint density at radius 1 is 1.46 bits per heavy atom. The van der Waals surface area contributed by atoms with E-state index in [-0.39, 0.29) is 12.5 Å². The predicted molar refractivity (Wildman–Crippen MR) is 47.2 cm³/mol. The number of nitrogens with one attached hydrogen (secondary N) is 1. The van der Waals surface area contributed by atoms with Crippen LogP contribution in [0.5, 0.6) is 0 Å². The first-order chi connectivity index (χ1) is 6.10. The molecule has 0 radical (unpaired) electrons. The molecule has 2 N–H and O–H groups in total. The first-order valence-electron chi connectivity index (χ1n) is 4.61. The molecule has 13 heavy (non-hydrogen) atoms. The average Bonchev–Trinajstić information content (AvgIpc) is 2.01. The lowest BCUT2D eigenvalue weighted by Gasteiger charge is -2.37. The van der Waals surface area contributed by atoms with E-state index < -0.39 is 11.4 Å². The molecule has 0 unspecified atom stereocenters. The van der Waals surface area contributed by atoms with Crippen molar-refractivity contribution in [2.24, 2.45) is 5.41 Å². The summed E-state index contributed by atoms with van der Waals surface area (Å²) in [7, 11) is 0. The molecule has 0 aromatic heterocycles. The van der Waals surface area contributed by atoms with Gasteiger partial charge in [0.2, 0.25) is 5.91 Å². The zero-order chi connectivity index (χ0) is 9.90. The number of carboxylic acid groups (broad SMARTS) is 1. The third-order valence-corrected chi connectivity index (χ3v) is 2.71. The summed E-state index contributed by atoms with van der Waals surface area (Å²) in [5, 5.41) is 11.6. The molecule has 0 heterocycles. The van der Waals surface area contributed by atoms with Gasteiger partial charge in [-0.25, -0.2) is 0 Å². The van der Waals surface area contributed by atoms with E-state index in [0.29, 0.717) is 19.3 Å². The van der Waals surface area contributed by atoms with Gasteiger partial charge in [0.05, 0.1) is 5.41 Å². The van der Waals surface area contributed by atoms with Crippen LogP contribution in [-0.2, 0) is 9.59 Å². The molecule has 0 spiro atoms. The highest BCUT2D eigenvalue weighted by molar-refractivity contribution is 5.79. The van der Waals surface area contributed by atoms with E-state index in [1.54, 1.807) is 6.92 Å². The van der Waals surface area contributed by atoms with Gasteiger partial charge in [-0.1, -0.05) is 13.3 Å². The number of carboxylic acids is 1. The molecule has 0 aliphatic heterocycles. The fourth-order valence-electron chi connectivity index (χ4n) is 1.46. The maximum absolute atomic E-state index is 10.9. The second kappa shape index (κ2) is 3.77. The molecular formula is C9H15NO3. The Labute approximate surface area is 77.3 Å². The predicted octanol–water partition coefficient (Wildman–Crippen LogP) is 0.767. The Balaban J connectivity index is 2.41. The van der Waals surface area contributed by atoms with Gasteiger partial charge in [0.1, 0.15) is 0 Å². The zero-order valence-electron chi connectivity index (χ0n) is 7.80. The van der Waals surface area contributed by atoms with Gasteiger partial charge in [-0.3, -0.25) is 9.59 Å². The number of rotatable bonds is 4. The average molecular weight is 185 g/mol. The van der Waals surface area contributed by atoms with Gasteiger partial charge in [-0.05, 0) is 12.8 Å². The fourth-order valence-corrected chi connectivity index (χ4v) is 1.46. The van der Waals surface area contributed by atoms with E-state index in [9.17, 15) is 9.59 Å². The molecule has 1 rings (SSSR count). The first-order valence-corrected chi connectivity index (χ1v) is 4.61. The number of amides is 1. The van der Waals surface area contributed by atoms with E-state index in [1.165, 1.54) is 0 Å². The summed E-state index contributed by atoms with van der Waals surface area (Å²) in [6, 6.07) is 0. The van der Waals surface area contributed by atoms with Gasteiger partial charge in [0, 0.05) is 13.0 Å². The molecule has 1 aliphatic carbocycles. The fraction of sp³-hybridized carbons (Fsp3) is 0.778. The highest BCUT2D eigenvalue weighted by Gasteiger charge is 2.44. The summed E-state index contributed by atoms with van der Waals surface area (Å²) in [5.74, 6) is -0.859. The van der Waals surface area contributed by atoms with Crippen molar-refractivity contribution in [2.45, 2.75) is 32.6 Å². The third kappa shape index (κ3) is 1.99. The van der Waals surface area contributed by atoms with Crippen LogP contribution in [0, 0.1) is 5.41 Å². The summed E-state index contributed by atoms with van der Waals surface area (Å²) in [4.78, 5) is 21.8. The van der Waals surface area contributed by atoms with Crippen molar-refractivity contribution in [3.05, 3.63) is 0 Å². The van der Waals surface area contributed by atoms with E-state index in [0.717, 1.165) is 6.42 Å². The molecule has 1 fully saturated rings. The minimum Gasteiger partial charge on any atom is -0.481 e. The van der Waals surface area contributed by atoms with Crippen molar-refractivity contribution in [3.8, 4) is 0 Å². The van der Waals surface area contributed by atoms with Crippen LogP contribution in [0.4, 0.5) is 0 Å². The van der Waals surface area contributed by atoms with Crippen LogP contribution in [0.2, 0.25) is 0 Å². The number of hydrogen-bond acceptors (Lipinski definition) is 2. The zero-order valence-corrected chi connectivity index (χ0v) is 7.80. The van der Waals surface area contributed by atoms with E-state index in [1.807, 2.05) is 0 Å². The van der Waals surface area contributed by atoms with Gasteiger partial charge in [-0.2, -0.15) is 0 Å². The topological polar surface area (TPSA) is 66.4 Å². The van der Waals surface area contributed by atoms with Crippen LogP contribution in [-0.4, -0.2) is 23.5 Å². The molecule has 0 atom stereocenters. The normalized spacial score (nSPS) is 18.8. The van der Waals surface area contributed by atoms with Crippen LogP contribution in [0.1, 0.15) is 32.6 Å². The van der Waals surface area contributed by atoms with Gasteiger partial charge in [-0.15, -0.1) is 0 Å². The summed E-state index contributed by atoms with van der Waals surface area (Å²) >= 11 is 0. The second-order valence-corrected chi connectivity index (χ2v) is 3.57. The number of carbonyl (C=O) groups is 2. The Bertz CT molecular complexity index is 221. The van der Waals surface area contributed by atoms with E-state index in [2.05, 4.69) is 5.32 Å². The maximum atomic E-state index is 10.9. The van der Waals surface area contributed by atoms with Crippen LogP contribution in [0.3, 0.4) is 0 Å². The van der Waals surface area contributed by atoms with Crippen LogP contribution in [0.15, 0.2) is 0 Å². The van der Waals surface area contributed by atoms with Crippen LogP contribution in [0.25, 0.3) is 0 Å². The molecule has 74 valence electrons. The highest BCUT2D eigenvalue weighted by atomic mass is 16.4. The number of aliphatic carboxylic acids is 1. The summed E-state index contributed by atoms with van der Waals surface area (Å²) in [6.45, 7) is 2.04. The van der Waals surface area contributed by atoms with Gasteiger partial charge in [0.15, 0.2) is 0 Å². The Hall–Kier alpha value is -1.06. The molecule has 4 heteroatoms. The minimum absolute atomic E-state index is 0.0764. The molecular weight excluding hydrogens is 170 g/mol. The lowest BCUT2D eigenvalue weighted by Crippen LogP contribution is -2.47. The van der Waals surface area contributed by atoms with Crippen LogP contribution >= 0.6 is 0 Å².